The van der Waals surface area contributed by atoms with Crippen molar-refractivity contribution >= 4 is 23.0 Å². The highest BCUT2D eigenvalue weighted by Gasteiger charge is 2.08. The fourth-order valence-electron chi connectivity index (χ4n) is 2.06. The van der Waals surface area contributed by atoms with E-state index in [1.54, 1.807) is 13.1 Å². The summed E-state index contributed by atoms with van der Waals surface area (Å²) in [4.78, 5) is 22.4. The molecule has 0 atom stereocenters. The van der Waals surface area contributed by atoms with Gasteiger partial charge in [0, 0.05) is 13.5 Å². The Morgan fingerprint density at radius 3 is 2.80 bits per heavy atom. The molecular weight excluding hydrogens is 254 g/mol. The molecule has 4 nitrogen and oxygen atoms in total. The van der Waals surface area contributed by atoms with Gasteiger partial charge in [-0.1, -0.05) is 30.3 Å². The van der Waals surface area contributed by atoms with E-state index in [1.807, 2.05) is 30.3 Å². The minimum atomic E-state index is -0.0114. The summed E-state index contributed by atoms with van der Waals surface area (Å²) in [6.45, 7) is 0.409. The Bertz CT molecular complexity index is 622. The molecule has 20 heavy (non-hydrogen) atoms. The molecule has 104 valence electrons. The molecule has 1 amide bonds. The van der Waals surface area contributed by atoms with Gasteiger partial charge < -0.3 is 10.1 Å². The van der Waals surface area contributed by atoms with Crippen molar-refractivity contribution in [3.8, 4) is 5.75 Å². The second-order valence-electron chi connectivity index (χ2n) is 4.44. The Balaban J connectivity index is 2.10. The number of ether oxygens (including phenoxy) is 1. The Labute approximate surface area is 117 Å². The third-order valence-electron chi connectivity index (χ3n) is 3.13. The Morgan fingerprint density at radius 1 is 1.25 bits per heavy atom. The number of hydrogen-bond donors (Lipinski definition) is 1. The van der Waals surface area contributed by atoms with Gasteiger partial charge in [-0.05, 0) is 23.3 Å². The Hall–Kier alpha value is -2.36. The zero-order valence-electron chi connectivity index (χ0n) is 11.4. The lowest BCUT2D eigenvalue weighted by Crippen LogP contribution is -2.18. The fourth-order valence-corrected chi connectivity index (χ4v) is 2.06. The first-order valence-electron chi connectivity index (χ1n) is 6.56. The van der Waals surface area contributed by atoms with Crippen molar-refractivity contribution in [1.29, 1.82) is 0 Å². The summed E-state index contributed by atoms with van der Waals surface area (Å²) >= 11 is 0. The minimum Gasteiger partial charge on any atom is -0.493 e. The van der Waals surface area contributed by atoms with Crippen molar-refractivity contribution < 1.29 is 14.3 Å². The zero-order valence-corrected chi connectivity index (χ0v) is 11.4. The summed E-state index contributed by atoms with van der Waals surface area (Å²) in [7, 11) is 1.61. The summed E-state index contributed by atoms with van der Waals surface area (Å²) in [6, 6.07) is 11.4. The second-order valence-corrected chi connectivity index (χ2v) is 4.44. The van der Waals surface area contributed by atoms with Crippen molar-refractivity contribution in [2.45, 2.75) is 12.8 Å². The number of carbonyl (C=O) groups excluding carboxylic acids is 2. The molecule has 0 aromatic heterocycles. The summed E-state index contributed by atoms with van der Waals surface area (Å²) in [5, 5.41) is 4.45. The molecule has 2 aromatic rings. The topological polar surface area (TPSA) is 55.4 Å². The molecule has 1 N–H and O–H groups in total. The number of nitrogens with one attached hydrogen (secondary N) is 1. The maximum Gasteiger partial charge on any atom is 0.219 e. The summed E-state index contributed by atoms with van der Waals surface area (Å²) in [6.07, 6.45) is 1.85. The first-order chi connectivity index (χ1) is 9.76. The number of amides is 1. The van der Waals surface area contributed by atoms with Crippen LogP contribution in [0, 0.1) is 0 Å². The van der Waals surface area contributed by atoms with E-state index in [4.69, 9.17) is 4.74 Å². The van der Waals surface area contributed by atoms with Crippen LogP contribution in [-0.2, 0) is 4.79 Å². The standard InChI is InChI=1S/C16H17NO3/c1-17-16(19)7-4-10-20-15-9-8-12-5-2-3-6-13(12)14(15)11-18/h2-3,5-6,8-9,11H,4,7,10H2,1H3,(H,17,19). The molecule has 0 aliphatic rings. The molecule has 2 aromatic carbocycles. The summed E-state index contributed by atoms with van der Waals surface area (Å²) < 4.78 is 5.62. The number of aldehydes is 1. The summed E-state index contributed by atoms with van der Waals surface area (Å²) in [5.41, 5.74) is 0.558. The van der Waals surface area contributed by atoms with E-state index in [1.165, 1.54) is 0 Å². The molecule has 0 aliphatic carbocycles. The second kappa shape index (κ2) is 6.70. The summed E-state index contributed by atoms with van der Waals surface area (Å²) in [5.74, 6) is 0.554. The lowest BCUT2D eigenvalue weighted by atomic mass is 10.0. The quantitative estimate of drug-likeness (QED) is 0.649. The van der Waals surface area contributed by atoms with Crippen molar-refractivity contribution in [1.82, 2.24) is 5.32 Å². The average molecular weight is 271 g/mol. The van der Waals surface area contributed by atoms with Crippen LogP contribution < -0.4 is 10.1 Å². The van der Waals surface area contributed by atoms with E-state index in [0.717, 1.165) is 17.1 Å². The Morgan fingerprint density at radius 2 is 2.05 bits per heavy atom. The van der Waals surface area contributed by atoms with Crippen LogP contribution in [0.1, 0.15) is 23.2 Å². The molecule has 0 radical (unpaired) electrons. The van der Waals surface area contributed by atoms with Gasteiger partial charge in [0.05, 0.1) is 12.2 Å². The minimum absolute atomic E-state index is 0.0114. The highest BCUT2D eigenvalue weighted by molar-refractivity contribution is 6.00. The van der Waals surface area contributed by atoms with Crippen LogP contribution in [-0.4, -0.2) is 25.8 Å². The maximum absolute atomic E-state index is 11.3. The van der Waals surface area contributed by atoms with E-state index < -0.39 is 0 Å². The molecule has 4 heteroatoms. The van der Waals surface area contributed by atoms with Crippen molar-refractivity contribution in [2.24, 2.45) is 0 Å². The number of carbonyl (C=O) groups is 2. The number of fused-ring (bicyclic) bond motifs is 1. The number of rotatable bonds is 6. The molecular formula is C16H17NO3. The van der Waals surface area contributed by atoms with E-state index in [0.29, 0.717) is 30.8 Å². The van der Waals surface area contributed by atoms with E-state index in [9.17, 15) is 9.59 Å². The van der Waals surface area contributed by atoms with Gasteiger partial charge in [0.1, 0.15) is 5.75 Å². The molecule has 0 heterocycles. The van der Waals surface area contributed by atoms with Gasteiger partial charge in [0.2, 0.25) is 5.91 Å². The highest BCUT2D eigenvalue weighted by atomic mass is 16.5. The van der Waals surface area contributed by atoms with Gasteiger partial charge in [0.25, 0.3) is 0 Å². The van der Waals surface area contributed by atoms with E-state index >= 15 is 0 Å². The van der Waals surface area contributed by atoms with Gasteiger partial charge in [-0.2, -0.15) is 0 Å². The number of benzene rings is 2. The SMILES string of the molecule is CNC(=O)CCCOc1ccc2ccccc2c1C=O. The molecule has 0 bridgehead atoms. The van der Waals surface area contributed by atoms with E-state index in [-0.39, 0.29) is 5.91 Å². The molecule has 0 unspecified atom stereocenters. The monoisotopic (exact) mass is 271 g/mol. The van der Waals surface area contributed by atoms with Gasteiger partial charge in [-0.3, -0.25) is 9.59 Å². The molecule has 2 rings (SSSR count). The first-order valence-corrected chi connectivity index (χ1v) is 6.56. The van der Waals surface area contributed by atoms with Crippen LogP contribution in [0.3, 0.4) is 0 Å². The van der Waals surface area contributed by atoms with Crippen LogP contribution >= 0.6 is 0 Å². The predicted molar refractivity (Wildman–Crippen MR) is 78.1 cm³/mol. The van der Waals surface area contributed by atoms with Gasteiger partial charge in [0.15, 0.2) is 6.29 Å². The van der Waals surface area contributed by atoms with Gasteiger partial charge in [-0.15, -0.1) is 0 Å². The number of hydrogen-bond acceptors (Lipinski definition) is 3. The predicted octanol–water partition coefficient (Wildman–Crippen LogP) is 2.56. The Kier molecular flexibility index (Phi) is 4.71. The zero-order chi connectivity index (χ0) is 14.4. The molecule has 0 aliphatic heterocycles. The van der Waals surface area contributed by atoms with Crippen LogP contribution in [0.15, 0.2) is 36.4 Å². The smallest absolute Gasteiger partial charge is 0.219 e. The van der Waals surface area contributed by atoms with E-state index in [2.05, 4.69) is 5.32 Å². The van der Waals surface area contributed by atoms with Crippen LogP contribution in [0.2, 0.25) is 0 Å². The lowest BCUT2D eigenvalue weighted by molar-refractivity contribution is -0.120. The first kappa shape index (κ1) is 14.1. The van der Waals surface area contributed by atoms with Crippen molar-refractivity contribution in [2.75, 3.05) is 13.7 Å². The van der Waals surface area contributed by atoms with Crippen LogP contribution in [0.4, 0.5) is 0 Å². The van der Waals surface area contributed by atoms with Crippen LogP contribution in [0.25, 0.3) is 10.8 Å². The largest absolute Gasteiger partial charge is 0.493 e. The highest BCUT2D eigenvalue weighted by Crippen LogP contribution is 2.26. The third-order valence-corrected chi connectivity index (χ3v) is 3.13. The maximum atomic E-state index is 11.3. The van der Waals surface area contributed by atoms with Gasteiger partial charge >= 0.3 is 0 Å². The van der Waals surface area contributed by atoms with Crippen molar-refractivity contribution in [3.63, 3.8) is 0 Å². The molecule has 0 saturated carbocycles. The average Bonchev–Trinajstić information content (AvgIpc) is 2.50. The molecule has 0 saturated heterocycles. The molecule has 0 fully saturated rings. The normalized spacial score (nSPS) is 10.2. The van der Waals surface area contributed by atoms with Gasteiger partial charge in [-0.25, -0.2) is 0 Å². The fraction of sp³-hybridized carbons (Fsp3) is 0.250. The third kappa shape index (κ3) is 3.15. The van der Waals surface area contributed by atoms with Crippen LogP contribution in [0.5, 0.6) is 5.75 Å². The molecule has 0 spiro atoms. The van der Waals surface area contributed by atoms with Crippen molar-refractivity contribution in [3.05, 3.63) is 42.0 Å². The lowest BCUT2D eigenvalue weighted by Gasteiger charge is -2.10.